The van der Waals surface area contributed by atoms with Crippen molar-refractivity contribution >= 4 is 17.7 Å². The van der Waals surface area contributed by atoms with Crippen LogP contribution in [0.1, 0.15) is 93.2 Å². The Morgan fingerprint density at radius 2 is 1.55 bits per heavy atom. The Bertz CT molecular complexity index is 1410. The van der Waals surface area contributed by atoms with Crippen LogP contribution in [0.5, 0.6) is 0 Å². The van der Waals surface area contributed by atoms with Gasteiger partial charge in [-0.3, -0.25) is 4.90 Å². The molecular formula is C31H35F9N4O3. The van der Waals surface area contributed by atoms with Crippen molar-refractivity contribution in [2.24, 2.45) is 4.99 Å². The van der Waals surface area contributed by atoms with Gasteiger partial charge in [-0.2, -0.15) is 39.5 Å². The minimum Gasteiger partial charge on any atom is -0.449 e. The van der Waals surface area contributed by atoms with E-state index in [1.807, 2.05) is 6.92 Å². The van der Waals surface area contributed by atoms with Crippen LogP contribution in [0, 0.1) is 0 Å². The lowest BCUT2D eigenvalue weighted by atomic mass is 9.89. The minimum absolute atomic E-state index is 0.0204. The van der Waals surface area contributed by atoms with E-state index in [2.05, 4.69) is 10.3 Å². The normalized spacial score (nSPS) is 20.3. The number of ether oxygens (including phenoxy) is 1. The number of hydroxylamine groups is 2. The van der Waals surface area contributed by atoms with Crippen molar-refractivity contribution in [3.63, 3.8) is 0 Å². The Balaban J connectivity index is 1.74. The van der Waals surface area contributed by atoms with Crippen LogP contribution in [-0.4, -0.2) is 36.0 Å². The highest BCUT2D eigenvalue weighted by Gasteiger charge is 2.41. The summed E-state index contributed by atoms with van der Waals surface area (Å²) in [4.78, 5) is 24.6. The summed E-state index contributed by atoms with van der Waals surface area (Å²) >= 11 is 0. The second-order valence-electron chi connectivity index (χ2n) is 11.3. The minimum atomic E-state index is -5.07. The lowest BCUT2D eigenvalue weighted by Crippen LogP contribution is -2.49. The number of aliphatic imine (C=N–C) groups is 1. The van der Waals surface area contributed by atoms with Gasteiger partial charge in [0.2, 0.25) is 5.96 Å². The number of amides is 1. The molecule has 7 nitrogen and oxygen atoms in total. The number of carbonyl (C=O) groups excluding carboxylic acids is 1. The van der Waals surface area contributed by atoms with Gasteiger partial charge in [0.15, 0.2) is 6.23 Å². The molecule has 0 aliphatic carbocycles. The maximum atomic E-state index is 13.8. The van der Waals surface area contributed by atoms with Gasteiger partial charge >= 0.3 is 24.6 Å². The zero-order chi connectivity index (χ0) is 34.7. The molecule has 16 heteroatoms. The molecule has 47 heavy (non-hydrogen) atoms. The topological polar surface area (TPSA) is 66.4 Å². The molecule has 3 atom stereocenters. The fraction of sp³-hybridized carbons (Fsp3) is 0.548. The Hall–Kier alpha value is -3.69. The average molecular weight is 683 g/mol. The van der Waals surface area contributed by atoms with E-state index in [4.69, 9.17) is 9.57 Å². The molecule has 1 amide bonds. The number of halogens is 9. The standard InChI is InChI=1S/C31H35F9N4O3/c1-4-7-8-9-26-42-27(43(47-26)17-18-12-20(30(35,36)37)14-21(13-18)31(38,39)40)41-24-16-22(5-2)44(28(45)46-6-3)25-11-10-19(15-23(24)25)29(32,33)34/h10-15,22,24,26H,4-9,16-17H2,1-3H3,(H,41,42)/t22-,24+,26?/m1/s1. The van der Waals surface area contributed by atoms with Crippen molar-refractivity contribution in [3.8, 4) is 0 Å². The lowest BCUT2D eigenvalue weighted by molar-refractivity contribution is -0.144. The van der Waals surface area contributed by atoms with Crippen LogP contribution >= 0.6 is 0 Å². The first kappa shape index (κ1) is 36.2. The molecule has 2 aliphatic heterocycles. The van der Waals surface area contributed by atoms with Crippen LogP contribution in [0.25, 0.3) is 0 Å². The van der Waals surface area contributed by atoms with E-state index >= 15 is 0 Å². The van der Waals surface area contributed by atoms with Crippen LogP contribution < -0.4 is 10.2 Å². The fourth-order valence-electron chi connectivity index (χ4n) is 5.62. The number of anilines is 1. The van der Waals surface area contributed by atoms with Gasteiger partial charge in [0.05, 0.1) is 41.6 Å². The summed E-state index contributed by atoms with van der Waals surface area (Å²) in [5.41, 5.74) is -4.13. The molecule has 0 saturated heterocycles. The number of carbonyl (C=O) groups is 1. The fourth-order valence-corrected chi connectivity index (χ4v) is 5.62. The summed E-state index contributed by atoms with van der Waals surface area (Å²) in [5.74, 6) is -0.0785. The molecule has 260 valence electrons. The first-order chi connectivity index (χ1) is 22.0. The molecule has 0 spiro atoms. The molecule has 1 unspecified atom stereocenters. The number of alkyl halides is 9. The molecule has 2 heterocycles. The summed E-state index contributed by atoms with van der Waals surface area (Å²) in [6.45, 7) is 4.77. The quantitative estimate of drug-likeness (QED) is 0.211. The third-order valence-electron chi connectivity index (χ3n) is 7.88. The predicted molar refractivity (Wildman–Crippen MR) is 154 cm³/mol. The molecule has 0 saturated carbocycles. The summed E-state index contributed by atoms with van der Waals surface area (Å²) < 4.78 is 128. The molecule has 4 rings (SSSR count). The third-order valence-corrected chi connectivity index (χ3v) is 7.88. The van der Waals surface area contributed by atoms with E-state index in [9.17, 15) is 44.3 Å². The van der Waals surface area contributed by atoms with Gasteiger partial charge < -0.3 is 10.1 Å². The van der Waals surface area contributed by atoms with Gasteiger partial charge in [-0.25, -0.2) is 19.7 Å². The van der Waals surface area contributed by atoms with Crippen molar-refractivity contribution in [3.05, 3.63) is 64.2 Å². The largest absolute Gasteiger partial charge is 0.449 e. The van der Waals surface area contributed by atoms with Crippen molar-refractivity contribution in [1.29, 1.82) is 0 Å². The molecule has 2 aromatic carbocycles. The number of rotatable bonds is 9. The highest BCUT2D eigenvalue weighted by atomic mass is 19.4. The number of hydrogen-bond acceptors (Lipinski definition) is 6. The first-order valence-corrected chi connectivity index (χ1v) is 15.2. The molecule has 1 N–H and O–H groups in total. The molecule has 2 aliphatic rings. The second kappa shape index (κ2) is 14.2. The number of benzene rings is 2. The molecule has 0 fully saturated rings. The smallest absolute Gasteiger partial charge is 0.416 e. The first-order valence-electron chi connectivity index (χ1n) is 15.2. The van der Waals surface area contributed by atoms with Crippen LogP contribution in [0.4, 0.5) is 50.0 Å². The molecular weight excluding hydrogens is 647 g/mol. The monoisotopic (exact) mass is 682 g/mol. The number of hydrogen-bond donors (Lipinski definition) is 1. The highest BCUT2D eigenvalue weighted by molar-refractivity contribution is 5.91. The van der Waals surface area contributed by atoms with Crippen LogP contribution in [0.15, 0.2) is 41.4 Å². The number of nitrogens with one attached hydrogen (secondary N) is 1. The molecule has 0 bridgehead atoms. The van der Waals surface area contributed by atoms with E-state index in [-0.39, 0.29) is 41.9 Å². The van der Waals surface area contributed by atoms with E-state index in [1.165, 1.54) is 11.0 Å². The zero-order valence-electron chi connectivity index (χ0n) is 25.8. The van der Waals surface area contributed by atoms with Crippen molar-refractivity contribution in [2.45, 2.75) is 103 Å². The number of unbranched alkanes of at least 4 members (excludes halogenated alkanes) is 2. The Morgan fingerprint density at radius 3 is 2.11 bits per heavy atom. The van der Waals surface area contributed by atoms with Gasteiger partial charge in [0.25, 0.3) is 0 Å². The summed E-state index contributed by atoms with van der Waals surface area (Å²) in [6, 6.07) is 2.65. The SMILES string of the molecule is CCCCCC1N=C(N[C@H]2C[C@@H](CC)N(C(=O)OCC)c3ccc(C(F)(F)F)cc32)N(Cc2cc(C(F)(F)F)cc(C(F)(F)F)c2)O1. The van der Waals surface area contributed by atoms with Crippen LogP contribution in [0.2, 0.25) is 0 Å². The highest BCUT2D eigenvalue weighted by Crippen LogP contribution is 2.43. The van der Waals surface area contributed by atoms with Crippen molar-refractivity contribution in [1.82, 2.24) is 10.4 Å². The van der Waals surface area contributed by atoms with Gasteiger partial charge in [0, 0.05) is 6.04 Å². The number of fused-ring (bicyclic) bond motifs is 1. The Morgan fingerprint density at radius 1 is 0.915 bits per heavy atom. The maximum Gasteiger partial charge on any atom is 0.416 e. The third kappa shape index (κ3) is 8.62. The van der Waals surface area contributed by atoms with Gasteiger partial charge in [-0.05, 0) is 80.1 Å². The molecule has 0 radical (unpaired) electrons. The zero-order valence-corrected chi connectivity index (χ0v) is 25.8. The average Bonchev–Trinajstić information content (AvgIpc) is 3.35. The van der Waals surface area contributed by atoms with Crippen LogP contribution in [0.3, 0.4) is 0 Å². The maximum absolute atomic E-state index is 13.8. The van der Waals surface area contributed by atoms with Gasteiger partial charge in [0.1, 0.15) is 0 Å². The predicted octanol–water partition coefficient (Wildman–Crippen LogP) is 9.23. The number of guanidine groups is 1. The second-order valence-corrected chi connectivity index (χ2v) is 11.3. The summed E-state index contributed by atoms with van der Waals surface area (Å²) in [7, 11) is 0. The van der Waals surface area contributed by atoms with Gasteiger partial charge in [-0.15, -0.1) is 0 Å². The van der Waals surface area contributed by atoms with E-state index in [1.54, 1.807) is 13.8 Å². The van der Waals surface area contributed by atoms with E-state index in [0.717, 1.165) is 30.0 Å². The van der Waals surface area contributed by atoms with Crippen LogP contribution in [-0.2, 0) is 34.6 Å². The van der Waals surface area contributed by atoms with E-state index in [0.29, 0.717) is 31.4 Å². The molecule has 0 aromatic heterocycles. The Labute approximate surface area is 265 Å². The summed E-state index contributed by atoms with van der Waals surface area (Å²) in [5, 5.41) is 4.08. The lowest BCUT2D eigenvalue weighted by Gasteiger charge is -2.41. The molecule has 2 aromatic rings. The Kier molecular flexibility index (Phi) is 10.9. The summed E-state index contributed by atoms with van der Waals surface area (Å²) in [6.07, 6.45) is -13.3. The number of nitrogens with zero attached hydrogens (tertiary/aromatic N) is 3. The van der Waals surface area contributed by atoms with Crippen molar-refractivity contribution in [2.75, 3.05) is 11.5 Å². The van der Waals surface area contributed by atoms with Gasteiger partial charge in [-0.1, -0.05) is 26.7 Å². The van der Waals surface area contributed by atoms with E-state index < -0.39 is 66.2 Å². The van der Waals surface area contributed by atoms with Crippen molar-refractivity contribution < 1.29 is 53.9 Å².